The number of carbonyl (C=O) groups is 1. The third kappa shape index (κ3) is 3.68. The first-order valence-corrected chi connectivity index (χ1v) is 10.1. The molecule has 0 radical (unpaired) electrons. The van der Waals surface area contributed by atoms with Crippen LogP contribution in [0.4, 0.5) is 0 Å². The lowest BCUT2D eigenvalue weighted by atomic mass is 9.98. The molecule has 7 heteroatoms. The van der Waals surface area contributed by atoms with E-state index in [4.69, 9.17) is 27.9 Å². The van der Waals surface area contributed by atoms with Crippen molar-refractivity contribution in [1.29, 1.82) is 0 Å². The fraction of sp³-hybridized carbons (Fsp3) is 0.227. The number of benzene rings is 2. The van der Waals surface area contributed by atoms with Crippen molar-refractivity contribution in [3.8, 4) is 5.75 Å². The van der Waals surface area contributed by atoms with Gasteiger partial charge in [-0.3, -0.25) is 4.79 Å². The molecule has 0 fully saturated rings. The highest BCUT2D eigenvalue weighted by atomic mass is 35.5. The van der Waals surface area contributed by atoms with Gasteiger partial charge in [-0.2, -0.15) is 5.10 Å². The summed E-state index contributed by atoms with van der Waals surface area (Å²) in [6, 6.07) is 14.8. The molecule has 29 heavy (non-hydrogen) atoms. The number of hydrazone groups is 1. The van der Waals surface area contributed by atoms with E-state index in [1.54, 1.807) is 7.11 Å². The van der Waals surface area contributed by atoms with Gasteiger partial charge in [0.1, 0.15) is 16.4 Å². The number of halogens is 2. The third-order valence-electron chi connectivity index (χ3n) is 5.01. The van der Waals surface area contributed by atoms with Crippen molar-refractivity contribution in [1.82, 2.24) is 9.99 Å². The smallest absolute Gasteiger partial charge is 0.242 e. The van der Waals surface area contributed by atoms with Crippen LogP contribution in [0.3, 0.4) is 0 Å². The van der Waals surface area contributed by atoms with Crippen molar-refractivity contribution >= 4 is 45.7 Å². The zero-order chi connectivity index (χ0) is 20.5. The summed E-state index contributed by atoms with van der Waals surface area (Å²) in [6.45, 7) is 1.82. The van der Waals surface area contributed by atoms with Gasteiger partial charge in [-0.15, -0.1) is 0 Å². The number of methoxy groups -OCH3 is 1. The van der Waals surface area contributed by atoms with Gasteiger partial charge in [-0.05, 0) is 29.8 Å². The predicted octanol–water partition coefficient (Wildman–Crippen LogP) is 5.64. The molecule has 4 rings (SSSR count). The van der Waals surface area contributed by atoms with Gasteiger partial charge in [0, 0.05) is 28.8 Å². The molecule has 3 aromatic rings. The van der Waals surface area contributed by atoms with Crippen LogP contribution in [-0.4, -0.2) is 28.7 Å². The second kappa shape index (κ2) is 8.01. The number of aromatic nitrogens is 1. The molecule has 1 aliphatic rings. The van der Waals surface area contributed by atoms with Crippen molar-refractivity contribution < 1.29 is 9.53 Å². The maximum Gasteiger partial charge on any atom is 0.242 e. The minimum atomic E-state index is -0.316. The van der Waals surface area contributed by atoms with Crippen LogP contribution in [0.2, 0.25) is 10.2 Å². The van der Waals surface area contributed by atoms with Crippen molar-refractivity contribution in [2.24, 2.45) is 5.10 Å². The molecule has 2 aromatic carbocycles. The second-order valence-electron chi connectivity index (χ2n) is 6.77. The molecule has 2 heterocycles. The van der Waals surface area contributed by atoms with Crippen LogP contribution in [0.1, 0.15) is 36.9 Å². The Morgan fingerprint density at radius 2 is 1.97 bits per heavy atom. The minimum Gasteiger partial charge on any atom is -0.494 e. The Kier molecular flexibility index (Phi) is 5.43. The Labute approximate surface area is 178 Å². The van der Waals surface area contributed by atoms with Crippen molar-refractivity contribution in [2.75, 3.05) is 7.11 Å². The van der Waals surface area contributed by atoms with Crippen LogP contribution in [0, 0.1) is 0 Å². The largest absolute Gasteiger partial charge is 0.494 e. The highest BCUT2D eigenvalue weighted by Crippen LogP contribution is 2.38. The van der Waals surface area contributed by atoms with Gasteiger partial charge in [-0.25, -0.2) is 9.99 Å². The first kappa shape index (κ1) is 19.7. The van der Waals surface area contributed by atoms with Crippen molar-refractivity contribution in [2.45, 2.75) is 25.8 Å². The summed E-state index contributed by atoms with van der Waals surface area (Å²) in [5.41, 5.74) is 3.20. The number of fused-ring (bicyclic) bond motifs is 1. The average Bonchev–Trinajstić information content (AvgIpc) is 3.18. The quantitative estimate of drug-likeness (QED) is 0.506. The predicted molar refractivity (Wildman–Crippen MR) is 116 cm³/mol. The van der Waals surface area contributed by atoms with Crippen LogP contribution in [0.5, 0.6) is 5.75 Å². The summed E-state index contributed by atoms with van der Waals surface area (Å²) in [6.07, 6.45) is 0.893. The lowest BCUT2D eigenvalue weighted by molar-refractivity contribution is -0.132. The monoisotopic (exact) mass is 427 g/mol. The summed E-state index contributed by atoms with van der Waals surface area (Å²) in [5.74, 6) is 0.586. The van der Waals surface area contributed by atoms with Crippen molar-refractivity contribution in [3.05, 3.63) is 69.8 Å². The van der Waals surface area contributed by atoms with Crippen LogP contribution < -0.4 is 4.74 Å². The standard InChI is InChI=1S/C22H19Cl2N3O2/c1-3-20(28)27-18(12-17(26-27)13-7-9-15(23)10-8-13)16-11-14-5-4-6-19(29-2)21(14)25-22(16)24/h4-11,18H,3,12H2,1-2H3. The van der Waals surface area contributed by atoms with E-state index in [9.17, 15) is 4.79 Å². The Morgan fingerprint density at radius 3 is 2.66 bits per heavy atom. The number of nitrogens with zero attached hydrogens (tertiary/aromatic N) is 3. The second-order valence-corrected chi connectivity index (χ2v) is 7.56. The van der Waals surface area contributed by atoms with E-state index in [2.05, 4.69) is 10.1 Å². The van der Waals surface area contributed by atoms with Crippen LogP contribution >= 0.6 is 23.2 Å². The van der Waals surface area contributed by atoms with E-state index in [1.807, 2.05) is 55.5 Å². The summed E-state index contributed by atoms with van der Waals surface area (Å²) < 4.78 is 5.39. The molecule has 5 nitrogen and oxygen atoms in total. The van der Waals surface area contributed by atoms with Gasteiger partial charge in [0.15, 0.2) is 0 Å². The number of para-hydroxylation sites is 1. The zero-order valence-electron chi connectivity index (χ0n) is 16.0. The normalized spacial score (nSPS) is 16.2. The average molecular weight is 428 g/mol. The van der Waals surface area contributed by atoms with E-state index >= 15 is 0 Å². The maximum absolute atomic E-state index is 12.6. The van der Waals surface area contributed by atoms with Gasteiger partial charge in [-0.1, -0.05) is 54.4 Å². The van der Waals surface area contributed by atoms with Gasteiger partial charge in [0.25, 0.3) is 0 Å². The van der Waals surface area contributed by atoms with E-state index in [0.29, 0.717) is 34.3 Å². The fourth-order valence-electron chi connectivity index (χ4n) is 3.52. The number of rotatable bonds is 4. The lowest BCUT2D eigenvalue weighted by Crippen LogP contribution is -2.26. The zero-order valence-corrected chi connectivity index (χ0v) is 17.5. The highest BCUT2D eigenvalue weighted by molar-refractivity contribution is 6.31. The summed E-state index contributed by atoms with van der Waals surface area (Å²) in [4.78, 5) is 17.2. The first-order valence-electron chi connectivity index (χ1n) is 9.30. The molecule has 0 aliphatic carbocycles. The van der Waals surface area contributed by atoms with Crippen molar-refractivity contribution in [3.63, 3.8) is 0 Å². The van der Waals surface area contributed by atoms with Gasteiger partial charge >= 0.3 is 0 Å². The van der Waals surface area contributed by atoms with E-state index in [-0.39, 0.29) is 11.9 Å². The molecule has 0 saturated heterocycles. The highest BCUT2D eigenvalue weighted by Gasteiger charge is 2.34. The molecule has 0 saturated carbocycles. The number of ether oxygens (including phenoxy) is 1. The molecule has 0 spiro atoms. The van der Waals surface area contributed by atoms with Gasteiger partial charge < -0.3 is 4.74 Å². The van der Waals surface area contributed by atoms with Crippen LogP contribution in [-0.2, 0) is 4.79 Å². The summed E-state index contributed by atoms with van der Waals surface area (Å²) in [5, 5.41) is 8.04. The third-order valence-corrected chi connectivity index (χ3v) is 5.57. The minimum absolute atomic E-state index is 0.0687. The number of pyridine rings is 1. The number of hydrogen-bond donors (Lipinski definition) is 0. The van der Waals surface area contributed by atoms with Crippen LogP contribution in [0.25, 0.3) is 10.9 Å². The maximum atomic E-state index is 12.6. The molecule has 1 unspecified atom stereocenters. The van der Waals surface area contributed by atoms with Crippen LogP contribution in [0.15, 0.2) is 53.6 Å². The van der Waals surface area contributed by atoms with Gasteiger partial charge in [0.05, 0.1) is 18.9 Å². The number of carbonyl (C=O) groups excluding carboxylic acids is 1. The summed E-state index contributed by atoms with van der Waals surface area (Å²) in [7, 11) is 1.60. The molecular weight excluding hydrogens is 409 g/mol. The Balaban J connectivity index is 1.78. The van der Waals surface area contributed by atoms with Gasteiger partial charge in [0.2, 0.25) is 5.91 Å². The number of amides is 1. The Morgan fingerprint density at radius 1 is 1.21 bits per heavy atom. The Hall–Kier alpha value is -2.63. The first-order chi connectivity index (χ1) is 14.0. The molecule has 1 amide bonds. The van der Waals surface area contributed by atoms with E-state index in [0.717, 1.165) is 22.2 Å². The molecule has 0 N–H and O–H groups in total. The molecule has 0 bridgehead atoms. The topological polar surface area (TPSA) is 54.8 Å². The lowest BCUT2D eigenvalue weighted by Gasteiger charge is -2.22. The molecular formula is C22H19Cl2N3O2. The molecule has 1 aliphatic heterocycles. The molecule has 148 valence electrons. The Bertz CT molecular complexity index is 1110. The molecule has 1 atom stereocenters. The summed E-state index contributed by atoms with van der Waals surface area (Å²) >= 11 is 12.6. The fourth-order valence-corrected chi connectivity index (χ4v) is 3.92. The van der Waals surface area contributed by atoms with E-state index in [1.165, 1.54) is 5.01 Å². The molecule has 1 aromatic heterocycles. The SMILES string of the molecule is CCC(=O)N1N=C(c2ccc(Cl)cc2)CC1c1cc2cccc(OC)c2nc1Cl. The van der Waals surface area contributed by atoms with E-state index < -0.39 is 0 Å². The number of hydrogen-bond acceptors (Lipinski definition) is 4.